The molecule has 184 valence electrons. The minimum Gasteiger partial charge on any atom is -0.480 e. The minimum atomic E-state index is -0.977. The molecule has 35 heavy (non-hydrogen) atoms. The molecule has 0 spiro atoms. The van der Waals surface area contributed by atoms with Gasteiger partial charge in [0.15, 0.2) is 0 Å². The van der Waals surface area contributed by atoms with E-state index in [0.29, 0.717) is 25.2 Å². The summed E-state index contributed by atoms with van der Waals surface area (Å²) in [5, 5.41) is 15.1. The van der Waals surface area contributed by atoms with Crippen LogP contribution in [0, 0.1) is 11.8 Å². The fourth-order valence-corrected chi connectivity index (χ4v) is 5.56. The van der Waals surface area contributed by atoms with E-state index in [2.05, 4.69) is 34.9 Å². The molecular formula is C28H32N2O5. The Balaban J connectivity index is 1.14. The number of carboxylic acid groups (broad SMARTS) is 1. The number of carboxylic acids is 1. The van der Waals surface area contributed by atoms with Crippen molar-refractivity contribution in [1.82, 2.24) is 10.6 Å². The lowest BCUT2D eigenvalue weighted by molar-refractivity contribution is -0.143. The summed E-state index contributed by atoms with van der Waals surface area (Å²) in [5.74, 6) is -1.10. The molecule has 7 nitrogen and oxygen atoms in total. The van der Waals surface area contributed by atoms with Crippen LogP contribution in [0.2, 0.25) is 0 Å². The summed E-state index contributed by atoms with van der Waals surface area (Å²) >= 11 is 0. The highest BCUT2D eigenvalue weighted by atomic mass is 16.5. The summed E-state index contributed by atoms with van der Waals surface area (Å²) in [4.78, 5) is 37.0. The number of amides is 2. The summed E-state index contributed by atoms with van der Waals surface area (Å²) in [6, 6.07) is 15.4. The standard InChI is InChI=1S/C28H32N2O5/c31-26(30-25(27(32)33)14-17-12-13-17)18-6-5-7-19(15-18)29-28(34)35-16-24-22-10-3-1-8-20(22)21-9-2-4-11-23(21)24/h1-4,8-11,17-19,24-25H,5-7,12-16H2,(H,29,34)(H,30,31)(H,32,33)/t18-,19+,25?/m1/s1. The molecule has 2 amide bonds. The largest absolute Gasteiger partial charge is 0.480 e. The number of aliphatic carboxylic acids is 1. The van der Waals surface area contributed by atoms with E-state index in [1.807, 2.05) is 24.3 Å². The van der Waals surface area contributed by atoms with Crippen molar-refractivity contribution in [3.63, 3.8) is 0 Å². The molecule has 0 heterocycles. The Morgan fingerprint density at radius 1 is 0.943 bits per heavy atom. The molecule has 3 aliphatic carbocycles. The van der Waals surface area contributed by atoms with Crippen LogP contribution in [0.25, 0.3) is 11.1 Å². The summed E-state index contributed by atoms with van der Waals surface area (Å²) in [6.45, 7) is 0.248. The van der Waals surface area contributed by atoms with Gasteiger partial charge in [-0.25, -0.2) is 9.59 Å². The fourth-order valence-electron chi connectivity index (χ4n) is 5.56. The van der Waals surface area contributed by atoms with E-state index < -0.39 is 18.1 Å². The van der Waals surface area contributed by atoms with Gasteiger partial charge in [0, 0.05) is 17.9 Å². The number of fused-ring (bicyclic) bond motifs is 3. The van der Waals surface area contributed by atoms with E-state index in [4.69, 9.17) is 4.74 Å². The molecule has 0 radical (unpaired) electrons. The van der Waals surface area contributed by atoms with Crippen LogP contribution in [0.4, 0.5) is 4.79 Å². The SMILES string of the molecule is O=C(N[C@H]1CCC[C@@H](C(=O)NC(CC2CC2)C(=O)O)C1)OCC1c2ccccc2-c2ccccc21. The molecule has 0 aliphatic heterocycles. The van der Waals surface area contributed by atoms with Crippen LogP contribution in [0.1, 0.15) is 62.0 Å². The van der Waals surface area contributed by atoms with Gasteiger partial charge in [0.1, 0.15) is 12.6 Å². The number of carbonyl (C=O) groups is 3. The maximum absolute atomic E-state index is 12.8. The topological polar surface area (TPSA) is 105 Å². The van der Waals surface area contributed by atoms with Gasteiger partial charge in [-0.15, -0.1) is 0 Å². The van der Waals surface area contributed by atoms with Gasteiger partial charge in [-0.2, -0.15) is 0 Å². The zero-order valence-corrected chi connectivity index (χ0v) is 19.7. The Labute approximate surface area is 205 Å². The van der Waals surface area contributed by atoms with Crippen LogP contribution in [0.3, 0.4) is 0 Å². The van der Waals surface area contributed by atoms with Gasteiger partial charge >= 0.3 is 12.1 Å². The molecule has 3 aliphatic rings. The number of benzene rings is 2. The highest BCUT2D eigenvalue weighted by molar-refractivity contribution is 5.85. The summed E-state index contributed by atoms with van der Waals surface area (Å²) < 4.78 is 5.66. The molecule has 1 unspecified atom stereocenters. The van der Waals surface area contributed by atoms with E-state index in [-0.39, 0.29) is 30.4 Å². The quantitative estimate of drug-likeness (QED) is 0.522. The van der Waals surface area contributed by atoms with Crippen molar-refractivity contribution in [2.45, 2.75) is 62.9 Å². The maximum atomic E-state index is 12.8. The molecule has 5 rings (SSSR count). The third kappa shape index (κ3) is 5.34. The Bertz CT molecular complexity index is 1070. The van der Waals surface area contributed by atoms with Crippen LogP contribution in [0.15, 0.2) is 48.5 Å². The normalized spacial score (nSPS) is 21.9. The average Bonchev–Trinajstić information content (AvgIpc) is 3.63. The van der Waals surface area contributed by atoms with Gasteiger partial charge in [-0.3, -0.25) is 4.79 Å². The average molecular weight is 477 g/mol. The van der Waals surface area contributed by atoms with Crippen LogP contribution >= 0.6 is 0 Å². The van der Waals surface area contributed by atoms with Gasteiger partial charge in [-0.05, 0) is 53.9 Å². The first-order chi connectivity index (χ1) is 17.0. The van der Waals surface area contributed by atoms with Crippen molar-refractivity contribution in [2.24, 2.45) is 11.8 Å². The van der Waals surface area contributed by atoms with E-state index in [9.17, 15) is 19.5 Å². The second-order valence-corrected chi connectivity index (χ2v) is 10.1. The summed E-state index contributed by atoms with van der Waals surface area (Å²) in [6.07, 6.45) is 4.86. The predicted octanol–water partition coefficient (Wildman–Crippen LogP) is 4.45. The van der Waals surface area contributed by atoms with Crippen LogP contribution < -0.4 is 10.6 Å². The van der Waals surface area contributed by atoms with Gasteiger partial charge in [0.2, 0.25) is 5.91 Å². The molecule has 3 N–H and O–H groups in total. The number of carbonyl (C=O) groups excluding carboxylic acids is 2. The molecule has 0 saturated heterocycles. The first kappa shape index (κ1) is 23.4. The van der Waals surface area contributed by atoms with Crippen LogP contribution in [0.5, 0.6) is 0 Å². The Morgan fingerprint density at radius 3 is 2.23 bits per heavy atom. The monoisotopic (exact) mass is 476 g/mol. The zero-order chi connectivity index (χ0) is 24.4. The lowest BCUT2D eigenvalue weighted by Gasteiger charge is -2.29. The van der Waals surface area contributed by atoms with Crippen LogP contribution in [-0.2, 0) is 14.3 Å². The van der Waals surface area contributed by atoms with Crippen molar-refractivity contribution in [2.75, 3.05) is 6.61 Å². The lowest BCUT2D eigenvalue weighted by atomic mass is 9.85. The van der Waals surface area contributed by atoms with Gasteiger partial charge < -0.3 is 20.5 Å². The van der Waals surface area contributed by atoms with E-state index in [0.717, 1.165) is 36.8 Å². The number of alkyl carbamates (subject to hydrolysis) is 1. The highest BCUT2D eigenvalue weighted by Gasteiger charge is 2.34. The molecule has 2 fully saturated rings. The maximum Gasteiger partial charge on any atom is 0.407 e. The second kappa shape index (κ2) is 10.1. The first-order valence-corrected chi connectivity index (χ1v) is 12.6. The number of rotatable bonds is 8. The molecular weight excluding hydrogens is 444 g/mol. The predicted molar refractivity (Wildman–Crippen MR) is 131 cm³/mol. The summed E-state index contributed by atoms with van der Waals surface area (Å²) in [5.41, 5.74) is 4.68. The molecule has 2 aromatic rings. The van der Waals surface area contributed by atoms with Gasteiger partial charge in [-0.1, -0.05) is 67.8 Å². The van der Waals surface area contributed by atoms with Gasteiger partial charge in [0.05, 0.1) is 0 Å². The molecule has 0 aromatic heterocycles. The number of hydrogen-bond acceptors (Lipinski definition) is 4. The number of hydrogen-bond donors (Lipinski definition) is 3. The highest BCUT2D eigenvalue weighted by Crippen LogP contribution is 2.44. The summed E-state index contributed by atoms with van der Waals surface area (Å²) in [7, 11) is 0. The van der Waals surface area contributed by atoms with Crippen molar-refractivity contribution in [3.05, 3.63) is 59.7 Å². The smallest absolute Gasteiger partial charge is 0.407 e. The molecule has 0 bridgehead atoms. The number of nitrogens with one attached hydrogen (secondary N) is 2. The Morgan fingerprint density at radius 2 is 1.60 bits per heavy atom. The molecule has 2 aromatic carbocycles. The van der Waals surface area contributed by atoms with Crippen molar-refractivity contribution < 1.29 is 24.2 Å². The Hall–Kier alpha value is -3.35. The first-order valence-electron chi connectivity index (χ1n) is 12.6. The van der Waals surface area contributed by atoms with Gasteiger partial charge in [0.25, 0.3) is 0 Å². The second-order valence-electron chi connectivity index (χ2n) is 10.1. The fraction of sp³-hybridized carbons (Fsp3) is 0.464. The molecule has 3 atom stereocenters. The number of ether oxygens (including phenoxy) is 1. The van der Waals surface area contributed by atoms with Crippen molar-refractivity contribution in [3.8, 4) is 11.1 Å². The minimum absolute atomic E-state index is 0.00236. The lowest BCUT2D eigenvalue weighted by Crippen LogP contribution is -2.47. The molecule has 2 saturated carbocycles. The van der Waals surface area contributed by atoms with E-state index in [1.54, 1.807) is 0 Å². The van der Waals surface area contributed by atoms with Crippen LogP contribution in [-0.4, -0.2) is 41.8 Å². The zero-order valence-electron chi connectivity index (χ0n) is 19.7. The Kier molecular flexibility index (Phi) is 6.75. The van der Waals surface area contributed by atoms with Crippen molar-refractivity contribution >= 4 is 18.0 Å². The third-order valence-electron chi connectivity index (χ3n) is 7.59. The van der Waals surface area contributed by atoms with E-state index in [1.165, 1.54) is 11.1 Å². The van der Waals surface area contributed by atoms with Crippen molar-refractivity contribution in [1.29, 1.82) is 0 Å². The molecule has 7 heteroatoms. The third-order valence-corrected chi connectivity index (χ3v) is 7.59. The van der Waals surface area contributed by atoms with E-state index >= 15 is 0 Å².